The Morgan fingerprint density at radius 2 is 2.00 bits per heavy atom. The van der Waals surface area contributed by atoms with Crippen molar-refractivity contribution in [3.63, 3.8) is 0 Å². The summed E-state index contributed by atoms with van der Waals surface area (Å²) in [6, 6.07) is 1.82. The lowest BCUT2D eigenvalue weighted by molar-refractivity contribution is 0.150. The van der Waals surface area contributed by atoms with Crippen molar-refractivity contribution in [1.29, 1.82) is 0 Å². The van der Waals surface area contributed by atoms with Crippen LogP contribution in [0.25, 0.3) is 0 Å². The topological polar surface area (TPSA) is 24.5 Å². The molecule has 112 valence electrons. The third-order valence-corrected chi connectivity index (χ3v) is 3.62. The number of halogens is 3. The van der Waals surface area contributed by atoms with Crippen LogP contribution in [0, 0.1) is 11.6 Å². The molecule has 1 aliphatic rings. The number of nitrogens with zero attached hydrogens (tertiary/aromatic N) is 1. The fourth-order valence-corrected chi connectivity index (χ4v) is 2.62. The van der Waals surface area contributed by atoms with E-state index in [1.807, 2.05) is 4.90 Å². The van der Waals surface area contributed by atoms with E-state index in [1.54, 1.807) is 0 Å². The molecule has 1 aliphatic heterocycles. The minimum absolute atomic E-state index is 0.0135. The van der Waals surface area contributed by atoms with Gasteiger partial charge in [0, 0.05) is 37.8 Å². The summed E-state index contributed by atoms with van der Waals surface area (Å²) in [5.74, 6) is -1.40. The van der Waals surface area contributed by atoms with Crippen LogP contribution in [0.1, 0.15) is 18.0 Å². The molecule has 1 saturated heterocycles. The van der Waals surface area contributed by atoms with E-state index in [9.17, 15) is 13.2 Å². The van der Waals surface area contributed by atoms with Crippen LogP contribution in [0.5, 0.6) is 5.75 Å². The van der Waals surface area contributed by atoms with Gasteiger partial charge in [-0.1, -0.05) is 0 Å². The number of nitrogens with one attached hydrogen (secondary N) is 1. The van der Waals surface area contributed by atoms with Gasteiger partial charge >= 0.3 is 0 Å². The SMILES string of the molecule is COc1ccc(F)c([C@H](CCF)N2CCNCC2)c1F. The first-order valence-electron chi connectivity index (χ1n) is 6.71. The van der Waals surface area contributed by atoms with Gasteiger partial charge in [-0.2, -0.15) is 0 Å². The largest absolute Gasteiger partial charge is 0.494 e. The number of rotatable bonds is 5. The van der Waals surface area contributed by atoms with Crippen molar-refractivity contribution >= 4 is 0 Å². The Kier molecular flexibility index (Phi) is 5.25. The van der Waals surface area contributed by atoms with E-state index in [2.05, 4.69) is 5.32 Å². The second-order valence-corrected chi connectivity index (χ2v) is 4.76. The van der Waals surface area contributed by atoms with E-state index in [-0.39, 0.29) is 17.7 Å². The third-order valence-electron chi connectivity index (χ3n) is 3.62. The van der Waals surface area contributed by atoms with Crippen molar-refractivity contribution in [2.24, 2.45) is 0 Å². The van der Waals surface area contributed by atoms with Crippen LogP contribution >= 0.6 is 0 Å². The van der Waals surface area contributed by atoms with Crippen molar-refractivity contribution in [1.82, 2.24) is 10.2 Å². The van der Waals surface area contributed by atoms with E-state index in [4.69, 9.17) is 4.74 Å². The molecule has 6 heteroatoms. The monoisotopic (exact) mass is 288 g/mol. The molecule has 0 unspecified atom stereocenters. The lowest BCUT2D eigenvalue weighted by Crippen LogP contribution is -2.45. The van der Waals surface area contributed by atoms with Gasteiger partial charge in [0.15, 0.2) is 11.6 Å². The lowest BCUT2D eigenvalue weighted by Gasteiger charge is -2.35. The minimum atomic E-state index is -0.732. The molecule has 0 radical (unpaired) electrons. The Morgan fingerprint density at radius 3 is 2.60 bits per heavy atom. The lowest BCUT2D eigenvalue weighted by atomic mass is 10.00. The van der Waals surface area contributed by atoms with Gasteiger partial charge in [-0.05, 0) is 18.6 Å². The maximum Gasteiger partial charge on any atom is 0.172 e. The first kappa shape index (κ1) is 15.1. The van der Waals surface area contributed by atoms with Gasteiger partial charge in [-0.25, -0.2) is 8.78 Å². The third kappa shape index (κ3) is 3.07. The second kappa shape index (κ2) is 6.95. The summed E-state index contributed by atoms with van der Waals surface area (Å²) in [5, 5.41) is 3.17. The highest BCUT2D eigenvalue weighted by Crippen LogP contribution is 2.33. The van der Waals surface area contributed by atoms with E-state index >= 15 is 0 Å². The van der Waals surface area contributed by atoms with E-state index < -0.39 is 24.4 Å². The first-order chi connectivity index (χ1) is 9.69. The van der Waals surface area contributed by atoms with Gasteiger partial charge in [-0.3, -0.25) is 9.29 Å². The van der Waals surface area contributed by atoms with Crippen molar-refractivity contribution < 1.29 is 17.9 Å². The van der Waals surface area contributed by atoms with Crippen molar-refractivity contribution in [3.8, 4) is 5.75 Å². The predicted octanol–water partition coefficient (Wildman–Crippen LogP) is 2.28. The maximum absolute atomic E-state index is 14.3. The molecule has 20 heavy (non-hydrogen) atoms. The highest BCUT2D eigenvalue weighted by atomic mass is 19.1. The molecular weight excluding hydrogens is 269 g/mol. The molecule has 3 nitrogen and oxygen atoms in total. The molecule has 0 saturated carbocycles. The van der Waals surface area contributed by atoms with Crippen LogP contribution in [-0.2, 0) is 0 Å². The van der Waals surface area contributed by atoms with Gasteiger partial charge in [-0.15, -0.1) is 0 Å². The summed E-state index contributed by atoms with van der Waals surface area (Å²) in [6.45, 7) is 2.12. The number of methoxy groups -OCH3 is 1. The van der Waals surface area contributed by atoms with Gasteiger partial charge in [0.05, 0.1) is 13.8 Å². The summed E-state index contributed by atoms with van der Waals surface area (Å²) in [5.41, 5.74) is -0.0936. The molecule has 1 fully saturated rings. The summed E-state index contributed by atoms with van der Waals surface area (Å²) in [7, 11) is 1.33. The summed E-state index contributed by atoms with van der Waals surface area (Å²) in [6.07, 6.45) is 0.0704. The van der Waals surface area contributed by atoms with Crippen molar-refractivity contribution in [3.05, 3.63) is 29.3 Å². The highest BCUT2D eigenvalue weighted by Gasteiger charge is 2.28. The number of ether oxygens (including phenoxy) is 1. The van der Waals surface area contributed by atoms with Crippen LogP contribution in [0.4, 0.5) is 13.2 Å². The zero-order valence-electron chi connectivity index (χ0n) is 11.5. The molecule has 1 N–H and O–H groups in total. The van der Waals surface area contributed by atoms with E-state index in [0.717, 1.165) is 13.1 Å². The smallest absolute Gasteiger partial charge is 0.172 e. The number of alkyl halides is 1. The Balaban J connectivity index is 2.37. The van der Waals surface area contributed by atoms with Gasteiger partial charge in [0.25, 0.3) is 0 Å². The number of benzene rings is 1. The Hall–Kier alpha value is -1.27. The molecule has 2 rings (SSSR count). The standard InChI is InChI=1S/C14H19F3N2O/c1-20-12-3-2-10(16)13(14(12)17)11(4-5-15)19-8-6-18-7-9-19/h2-3,11,18H,4-9H2,1H3/t11-/m0/s1. The zero-order valence-corrected chi connectivity index (χ0v) is 11.5. The van der Waals surface area contributed by atoms with Gasteiger partial charge in [0.1, 0.15) is 5.82 Å². The Labute approximate surface area is 116 Å². The van der Waals surface area contributed by atoms with Crippen LogP contribution in [0.15, 0.2) is 12.1 Å². The number of piperazine rings is 1. The predicted molar refractivity (Wildman–Crippen MR) is 70.7 cm³/mol. The fraction of sp³-hybridized carbons (Fsp3) is 0.571. The molecule has 1 aromatic carbocycles. The van der Waals surface area contributed by atoms with Crippen molar-refractivity contribution in [2.75, 3.05) is 40.0 Å². The second-order valence-electron chi connectivity index (χ2n) is 4.76. The molecule has 0 aliphatic carbocycles. The quantitative estimate of drug-likeness (QED) is 0.899. The van der Waals surface area contributed by atoms with Crippen LogP contribution in [0.3, 0.4) is 0 Å². The molecule has 0 amide bonds. The minimum Gasteiger partial charge on any atom is -0.494 e. The van der Waals surface area contributed by atoms with Crippen LogP contribution in [-0.4, -0.2) is 44.9 Å². The van der Waals surface area contributed by atoms with Crippen LogP contribution < -0.4 is 10.1 Å². The van der Waals surface area contributed by atoms with E-state index in [1.165, 1.54) is 19.2 Å². The fourth-order valence-electron chi connectivity index (χ4n) is 2.62. The molecule has 1 aromatic rings. The first-order valence-corrected chi connectivity index (χ1v) is 6.71. The average Bonchev–Trinajstić information content (AvgIpc) is 2.47. The van der Waals surface area contributed by atoms with Crippen LogP contribution in [0.2, 0.25) is 0 Å². The Morgan fingerprint density at radius 1 is 1.30 bits per heavy atom. The Bertz CT molecular complexity index is 450. The highest BCUT2D eigenvalue weighted by molar-refractivity contribution is 5.34. The van der Waals surface area contributed by atoms with Crippen molar-refractivity contribution in [2.45, 2.75) is 12.5 Å². The maximum atomic E-state index is 14.3. The summed E-state index contributed by atoms with van der Waals surface area (Å²) in [4.78, 5) is 1.91. The summed E-state index contributed by atoms with van der Waals surface area (Å²) < 4.78 is 46.1. The normalized spacial score (nSPS) is 18.0. The average molecular weight is 288 g/mol. The zero-order chi connectivity index (χ0) is 14.5. The molecule has 1 atom stereocenters. The summed E-state index contributed by atoms with van der Waals surface area (Å²) >= 11 is 0. The molecule has 0 aromatic heterocycles. The van der Waals surface area contributed by atoms with E-state index in [0.29, 0.717) is 13.1 Å². The molecule has 0 bridgehead atoms. The van der Waals surface area contributed by atoms with Gasteiger partial charge < -0.3 is 10.1 Å². The molecule has 0 spiro atoms. The molecular formula is C14H19F3N2O. The molecule has 1 heterocycles. The number of hydrogen-bond donors (Lipinski definition) is 1. The number of hydrogen-bond acceptors (Lipinski definition) is 3. The van der Waals surface area contributed by atoms with Gasteiger partial charge in [0.2, 0.25) is 0 Å².